The largest absolute Gasteiger partial charge is 0.497 e. The minimum atomic E-state index is -3.87. The maximum absolute atomic E-state index is 13.6. The second kappa shape index (κ2) is 13.7. The molecule has 4 aromatic rings. The predicted molar refractivity (Wildman–Crippen MR) is 161 cm³/mol. The zero-order valence-corrected chi connectivity index (χ0v) is 24.3. The van der Waals surface area contributed by atoms with E-state index in [9.17, 15) is 18.0 Å². The maximum Gasteiger partial charge on any atom is 0.271 e. The van der Waals surface area contributed by atoms with Crippen LogP contribution in [0.15, 0.2) is 107 Å². The second-order valence-electron chi connectivity index (χ2n) is 9.41. The van der Waals surface area contributed by atoms with Gasteiger partial charge in [0.1, 0.15) is 5.75 Å². The van der Waals surface area contributed by atoms with Gasteiger partial charge in [-0.3, -0.25) is 14.6 Å². The lowest BCUT2D eigenvalue weighted by molar-refractivity contribution is -0.114. The number of carbonyl (C=O) groups excluding carboxylic acids is 2. The van der Waals surface area contributed by atoms with Gasteiger partial charge in [-0.25, -0.2) is 13.8 Å². The summed E-state index contributed by atoms with van der Waals surface area (Å²) < 4.78 is 33.8. The molecular formula is C31H31N5O5S. The predicted octanol–water partition coefficient (Wildman–Crippen LogP) is 4.59. The molecule has 11 heteroatoms. The molecule has 0 fully saturated rings. The summed E-state index contributed by atoms with van der Waals surface area (Å²) in [7, 11) is -2.36. The average molecular weight is 586 g/mol. The molecule has 0 aliphatic heterocycles. The van der Waals surface area contributed by atoms with Crippen molar-refractivity contribution in [3.63, 3.8) is 0 Å². The summed E-state index contributed by atoms with van der Waals surface area (Å²) in [5.74, 6) is -0.0475. The normalized spacial score (nSPS) is 11.7. The van der Waals surface area contributed by atoms with Crippen molar-refractivity contribution in [2.24, 2.45) is 5.10 Å². The molecular weight excluding hydrogens is 554 g/mol. The van der Waals surface area contributed by atoms with Gasteiger partial charge < -0.3 is 10.1 Å². The molecule has 0 bridgehead atoms. The van der Waals surface area contributed by atoms with Gasteiger partial charge in [0.05, 0.1) is 17.7 Å². The van der Waals surface area contributed by atoms with Gasteiger partial charge in [0.2, 0.25) is 15.9 Å². The second-order valence-corrected chi connectivity index (χ2v) is 11.3. The molecule has 3 aromatic carbocycles. The highest BCUT2D eigenvalue weighted by molar-refractivity contribution is 7.89. The van der Waals surface area contributed by atoms with E-state index in [4.69, 9.17) is 4.74 Å². The van der Waals surface area contributed by atoms with Crippen molar-refractivity contribution in [1.29, 1.82) is 0 Å². The Labute approximate surface area is 245 Å². The molecule has 216 valence electrons. The van der Waals surface area contributed by atoms with Crippen LogP contribution in [0.1, 0.15) is 40.9 Å². The highest BCUT2D eigenvalue weighted by Gasteiger charge is 2.25. The number of methoxy groups -OCH3 is 1. The summed E-state index contributed by atoms with van der Waals surface area (Å²) >= 11 is 0. The smallest absolute Gasteiger partial charge is 0.271 e. The Balaban J connectivity index is 1.49. The molecule has 0 atom stereocenters. The van der Waals surface area contributed by atoms with Gasteiger partial charge in [-0.05, 0) is 78.2 Å². The zero-order valence-electron chi connectivity index (χ0n) is 23.4. The Morgan fingerprint density at radius 2 is 1.60 bits per heavy atom. The van der Waals surface area contributed by atoms with Gasteiger partial charge >= 0.3 is 0 Å². The third-order valence-electron chi connectivity index (χ3n) is 6.28. The number of benzene rings is 3. The Morgan fingerprint density at radius 1 is 0.881 bits per heavy atom. The number of hydrazone groups is 1. The van der Waals surface area contributed by atoms with E-state index in [0.29, 0.717) is 28.3 Å². The molecule has 4 rings (SSSR count). The van der Waals surface area contributed by atoms with E-state index >= 15 is 0 Å². The number of aromatic nitrogens is 1. The Kier molecular flexibility index (Phi) is 9.79. The van der Waals surface area contributed by atoms with E-state index in [-0.39, 0.29) is 23.9 Å². The first-order chi connectivity index (χ1) is 20.2. The molecule has 42 heavy (non-hydrogen) atoms. The number of amides is 2. The molecule has 0 aliphatic rings. The van der Waals surface area contributed by atoms with E-state index in [0.717, 1.165) is 11.1 Å². The summed E-state index contributed by atoms with van der Waals surface area (Å²) in [6.07, 6.45) is 3.26. The van der Waals surface area contributed by atoms with Gasteiger partial charge in [0.15, 0.2) is 0 Å². The topological polar surface area (TPSA) is 130 Å². The average Bonchev–Trinajstić information content (AvgIpc) is 3.00. The van der Waals surface area contributed by atoms with E-state index in [1.807, 2.05) is 12.1 Å². The molecule has 0 radical (unpaired) electrons. The van der Waals surface area contributed by atoms with E-state index in [1.54, 1.807) is 80.0 Å². The summed E-state index contributed by atoms with van der Waals surface area (Å²) in [6.45, 7) is 3.36. The van der Waals surface area contributed by atoms with Crippen LogP contribution in [0.3, 0.4) is 0 Å². The fraction of sp³-hybridized carbons (Fsp3) is 0.161. The minimum Gasteiger partial charge on any atom is -0.497 e. The zero-order chi connectivity index (χ0) is 30.1. The van der Waals surface area contributed by atoms with Crippen LogP contribution in [-0.2, 0) is 27.9 Å². The number of pyridine rings is 1. The highest BCUT2D eigenvalue weighted by Crippen LogP contribution is 2.23. The van der Waals surface area contributed by atoms with Gasteiger partial charge in [-0.2, -0.15) is 9.41 Å². The standard InChI is InChI=1S/C31H31N5O5S/c1-22(27-7-4-8-28(18-27)33-23(2)37)34-35-31(38)26-11-9-24(10-12-26)20-36(21-25-6-5-17-32-19-25)42(39,40)30-15-13-29(41-3)14-16-30/h4-19H,20-21H2,1-3H3,(H,33,37)(H,35,38)/b34-22-. The van der Waals surface area contributed by atoms with E-state index in [1.165, 1.54) is 30.5 Å². The Bertz CT molecular complexity index is 1670. The van der Waals surface area contributed by atoms with Crippen LogP contribution in [0.25, 0.3) is 0 Å². The third kappa shape index (κ3) is 7.87. The molecule has 2 amide bonds. The first-order valence-corrected chi connectivity index (χ1v) is 14.4. The van der Waals surface area contributed by atoms with Crippen molar-refractivity contribution in [2.75, 3.05) is 12.4 Å². The Hall–Kier alpha value is -4.87. The van der Waals surface area contributed by atoms with E-state index < -0.39 is 15.9 Å². The van der Waals surface area contributed by atoms with Crippen LogP contribution in [0, 0.1) is 0 Å². The van der Waals surface area contributed by atoms with Crippen LogP contribution in [0.4, 0.5) is 5.69 Å². The van der Waals surface area contributed by atoms with Crippen molar-refractivity contribution >= 4 is 33.2 Å². The van der Waals surface area contributed by atoms with Gasteiger partial charge in [0.25, 0.3) is 5.91 Å². The number of anilines is 1. The van der Waals surface area contributed by atoms with Gasteiger partial charge in [-0.1, -0.05) is 30.3 Å². The number of hydrogen-bond acceptors (Lipinski definition) is 7. The molecule has 10 nitrogen and oxygen atoms in total. The third-order valence-corrected chi connectivity index (χ3v) is 8.09. The Morgan fingerprint density at radius 3 is 2.24 bits per heavy atom. The lowest BCUT2D eigenvalue weighted by Crippen LogP contribution is -2.30. The monoisotopic (exact) mass is 585 g/mol. The first kappa shape index (κ1) is 30.1. The maximum atomic E-state index is 13.6. The van der Waals surface area contributed by atoms with Crippen molar-refractivity contribution in [1.82, 2.24) is 14.7 Å². The minimum absolute atomic E-state index is 0.0764. The fourth-order valence-corrected chi connectivity index (χ4v) is 5.49. The van der Waals surface area contributed by atoms with Crippen LogP contribution >= 0.6 is 0 Å². The van der Waals surface area contributed by atoms with Crippen LogP contribution in [-0.4, -0.2) is 42.3 Å². The summed E-state index contributed by atoms with van der Waals surface area (Å²) in [4.78, 5) is 28.3. The quantitative estimate of drug-likeness (QED) is 0.196. The van der Waals surface area contributed by atoms with Crippen molar-refractivity contribution in [3.05, 3.63) is 120 Å². The van der Waals surface area contributed by atoms with Crippen LogP contribution < -0.4 is 15.5 Å². The van der Waals surface area contributed by atoms with Crippen molar-refractivity contribution in [3.8, 4) is 5.75 Å². The molecule has 0 spiro atoms. The molecule has 1 aromatic heterocycles. The van der Waals surface area contributed by atoms with E-state index in [2.05, 4.69) is 20.8 Å². The number of hydrogen-bond donors (Lipinski definition) is 2. The van der Waals surface area contributed by atoms with Gasteiger partial charge in [-0.15, -0.1) is 0 Å². The lowest BCUT2D eigenvalue weighted by Gasteiger charge is -2.22. The number of nitrogens with one attached hydrogen (secondary N) is 2. The van der Waals surface area contributed by atoms with Crippen LogP contribution in [0.2, 0.25) is 0 Å². The number of rotatable bonds is 11. The first-order valence-electron chi connectivity index (χ1n) is 13.0. The lowest BCUT2D eigenvalue weighted by atomic mass is 10.1. The number of carbonyl (C=O) groups is 2. The summed E-state index contributed by atoms with van der Waals surface area (Å²) in [5, 5.41) is 6.90. The molecule has 0 saturated heterocycles. The van der Waals surface area contributed by atoms with Gasteiger partial charge in [0, 0.05) is 43.7 Å². The van der Waals surface area contributed by atoms with Crippen molar-refractivity contribution in [2.45, 2.75) is 31.8 Å². The fourth-order valence-electron chi connectivity index (χ4n) is 4.07. The number of sulfonamides is 1. The molecule has 0 saturated carbocycles. The summed E-state index contributed by atoms with van der Waals surface area (Å²) in [6, 6.07) is 23.6. The molecule has 0 aliphatic carbocycles. The van der Waals surface area contributed by atoms with Crippen LogP contribution in [0.5, 0.6) is 5.75 Å². The van der Waals surface area contributed by atoms with Crippen molar-refractivity contribution < 1.29 is 22.7 Å². The number of nitrogens with zero attached hydrogens (tertiary/aromatic N) is 3. The molecule has 2 N–H and O–H groups in total. The number of ether oxygens (including phenoxy) is 1. The SMILES string of the molecule is COc1ccc(S(=O)(=O)N(Cc2ccc(C(=O)N/N=C(/C)c3cccc(NC(C)=O)c3)cc2)Cc2cccnc2)cc1. The highest BCUT2D eigenvalue weighted by atomic mass is 32.2. The summed E-state index contributed by atoms with van der Waals surface area (Å²) in [5.41, 5.74) is 6.26. The molecule has 1 heterocycles. The molecule has 0 unspecified atom stereocenters.